The van der Waals surface area contributed by atoms with E-state index in [-0.39, 0.29) is 12.5 Å². The molecule has 0 radical (unpaired) electrons. The number of pyridine rings is 1. The third-order valence-electron chi connectivity index (χ3n) is 3.09. The molecule has 1 aromatic carbocycles. The lowest BCUT2D eigenvalue weighted by Crippen LogP contribution is -2.18. The van der Waals surface area contributed by atoms with Crippen LogP contribution < -0.4 is 5.32 Å². The van der Waals surface area contributed by atoms with Gasteiger partial charge in [-0.05, 0) is 35.2 Å². The summed E-state index contributed by atoms with van der Waals surface area (Å²) in [5, 5.41) is 2.81. The summed E-state index contributed by atoms with van der Waals surface area (Å²) < 4.78 is 5.36. The van der Waals surface area contributed by atoms with Gasteiger partial charge in [0.15, 0.2) is 0 Å². The summed E-state index contributed by atoms with van der Waals surface area (Å²) in [6, 6.07) is 11.6. The van der Waals surface area contributed by atoms with Crippen molar-refractivity contribution in [2.75, 3.05) is 11.9 Å². The largest absolute Gasteiger partial charge is 0.367 e. The summed E-state index contributed by atoms with van der Waals surface area (Å²) in [5.74, 6) is 0.328. The van der Waals surface area contributed by atoms with Crippen LogP contribution in [0.25, 0.3) is 0 Å². The fourth-order valence-electron chi connectivity index (χ4n) is 1.89. The second-order valence-corrected chi connectivity index (χ2v) is 5.18. The van der Waals surface area contributed by atoms with E-state index in [0.29, 0.717) is 12.5 Å². The first-order chi connectivity index (χ1) is 10.1. The summed E-state index contributed by atoms with van der Waals surface area (Å²) >= 11 is 0. The molecule has 0 spiro atoms. The van der Waals surface area contributed by atoms with Gasteiger partial charge in [-0.3, -0.25) is 9.78 Å². The Morgan fingerprint density at radius 1 is 1.24 bits per heavy atom. The minimum atomic E-state index is -0.156. The predicted molar refractivity (Wildman–Crippen MR) is 83.1 cm³/mol. The lowest BCUT2D eigenvalue weighted by molar-refractivity contribution is -0.121. The number of carbonyl (C=O) groups is 1. The summed E-state index contributed by atoms with van der Waals surface area (Å²) in [5.41, 5.74) is 2.99. The van der Waals surface area contributed by atoms with Gasteiger partial charge in [0.25, 0.3) is 0 Å². The molecule has 0 unspecified atom stereocenters. The zero-order valence-electron chi connectivity index (χ0n) is 12.4. The van der Waals surface area contributed by atoms with E-state index in [1.165, 1.54) is 5.56 Å². The minimum Gasteiger partial charge on any atom is -0.367 e. The number of aromatic nitrogens is 1. The molecule has 0 aliphatic rings. The van der Waals surface area contributed by atoms with Crippen molar-refractivity contribution in [3.63, 3.8) is 0 Å². The van der Waals surface area contributed by atoms with Crippen LogP contribution in [0, 0.1) is 0 Å². The minimum absolute atomic E-state index is 0.0286. The van der Waals surface area contributed by atoms with E-state index in [1.807, 2.05) is 36.4 Å². The smallest absolute Gasteiger partial charge is 0.250 e. The Morgan fingerprint density at radius 2 is 2.00 bits per heavy atom. The molecule has 4 heteroatoms. The SMILES string of the molecule is CC(C)c1ccc(NC(=O)COCc2cccnc2)cc1. The molecule has 0 aliphatic carbocycles. The summed E-state index contributed by atoms with van der Waals surface area (Å²) in [4.78, 5) is 15.8. The van der Waals surface area contributed by atoms with Crippen LogP contribution in [0.2, 0.25) is 0 Å². The molecule has 1 heterocycles. The Kier molecular flexibility index (Phi) is 5.46. The molecule has 0 saturated heterocycles. The van der Waals surface area contributed by atoms with E-state index in [9.17, 15) is 4.79 Å². The third kappa shape index (κ3) is 5.00. The third-order valence-corrected chi connectivity index (χ3v) is 3.09. The van der Waals surface area contributed by atoms with Gasteiger partial charge in [0.1, 0.15) is 6.61 Å². The van der Waals surface area contributed by atoms with Crippen molar-refractivity contribution in [3.8, 4) is 0 Å². The first kappa shape index (κ1) is 15.2. The van der Waals surface area contributed by atoms with Crippen LogP contribution in [0.15, 0.2) is 48.8 Å². The van der Waals surface area contributed by atoms with Crippen molar-refractivity contribution in [1.82, 2.24) is 4.98 Å². The summed E-state index contributed by atoms with van der Waals surface area (Å²) in [7, 11) is 0. The van der Waals surface area contributed by atoms with E-state index in [2.05, 4.69) is 24.1 Å². The molecule has 0 saturated carbocycles. The van der Waals surface area contributed by atoms with Gasteiger partial charge in [-0.25, -0.2) is 0 Å². The summed E-state index contributed by atoms with van der Waals surface area (Å²) in [6.07, 6.45) is 3.43. The van der Waals surface area contributed by atoms with Gasteiger partial charge >= 0.3 is 0 Å². The number of benzene rings is 1. The average Bonchev–Trinajstić information content (AvgIpc) is 2.49. The van der Waals surface area contributed by atoms with Crippen LogP contribution in [0.4, 0.5) is 5.69 Å². The Labute approximate surface area is 125 Å². The maximum atomic E-state index is 11.8. The number of anilines is 1. The molecular weight excluding hydrogens is 264 g/mol. The van der Waals surface area contributed by atoms with Gasteiger partial charge in [-0.2, -0.15) is 0 Å². The van der Waals surface area contributed by atoms with Crippen molar-refractivity contribution >= 4 is 11.6 Å². The zero-order valence-corrected chi connectivity index (χ0v) is 12.4. The molecule has 21 heavy (non-hydrogen) atoms. The van der Waals surface area contributed by atoms with E-state index in [0.717, 1.165) is 11.3 Å². The monoisotopic (exact) mass is 284 g/mol. The topological polar surface area (TPSA) is 51.2 Å². The fourth-order valence-corrected chi connectivity index (χ4v) is 1.89. The molecule has 0 fully saturated rings. The number of rotatable bonds is 6. The van der Waals surface area contributed by atoms with Gasteiger partial charge in [0.05, 0.1) is 6.61 Å². The number of hydrogen-bond donors (Lipinski definition) is 1. The van der Waals surface area contributed by atoms with Crippen LogP contribution >= 0.6 is 0 Å². The van der Waals surface area contributed by atoms with Gasteiger partial charge in [-0.1, -0.05) is 32.0 Å². The van der Waals surface area contributed by atoms with Crippen molar-refractivity contribution in [1.29, 1.82) is 0 Å². The van der Waals surface area contributed by atoms with Crippen molar-refractivity contribution in [3.05, 3.63) is 59.9 Å². The Morgan fingerprint density at radius 3 is 2.62 bits per heavy atom. The molecule has 0 bridgehead atoms. The molecule has 0 atom stereocenters. The number of hydrogen-bond acceptors (Lipinski definition) is 3. The second-order valence-electron chi connectivity index (χ2n) is 5.18. The Hall–Kier alpha value is -2.20. The summed E-state index contributed by atoms with van der Waals surface area (Å²) in [6.45, 7) is 4.69. The molecular formula is C17H20N2O2. The highest BCUT2D eigenvalue weighted by Crippen LogP contribution is 2.17. The van der Waals surface area contributed by atoms with Crippen molar-refractivity contribution in [2.45, 2.75) is 26.4 Å². The van der Waals surface area contributed by atoms with Crippen LogP contribution in [0.5, 0.6) is 0 Å². The van der Waals surface area contributed by atoms with Crippen molar-refractivity contribution in [2.24, 2.45) is 0 Å². The lowest BCUT2D eigenvalue weighted by atomic mass is 10.0. The highest BCUT2D eigenvalue weighted by Gasteiger charge is 2.04. The highest BCUT2D eigenvalue weighted by atomic mass is 16.5. The molecule has 2 rings (SSSR count). The predicted octanol–water partition coefficient (Wildman–Crippen LogP) is 3.36. The Balaban J connectivity index is 1.76. The maximum absolute atomic E-state index is 11.8. The number of carbonyl (C=O) groups excluding carboxylic acids is 1. The first-order valence-corrected chi connectivity index (χ1v) is 7.01. The average molecular weight is 284 g/mol. The first-order valence-electron chi connectivity index (χ1n) is 7.01. The number of nitrogens with zero attached hydrogens (tertiary/aromatic N) is 1. The molecule has 1 N–H and O–H groups in total. The normalized spacial score (nSPS) is 10.6. The van der Waals surface area contributed by atoms with E-state index in [1.54, 1.807) is 12.4 Å². The number of nitrogens with one attached hydrogen (secondary N) is 1. The molecule has 0 aliphatic heterocycles. The maximum Gasteiger partial charge on any atom is 0.250 e. The quantitative estimate of drug-likeness (QED) is 0.885. The zero-order chi connectivity index (χ0) is 15.1. The number of ether oxygens (including phenoxy) is 1. The lowest BCUT2D eigenvalue weighted by Gasteiger charge is -2.09. The molecule has 110 valence electrons. The van der Waals surface area contributed by atoms with E-state index < -0.39 is 0 Å². The molecule has 1 amide bonds. The highest BCUT2D eigenvalue weighted by molar-refractivity contribution is 5.91. The molecule has 1 aromatic heterocycles. The molecule has 2 aromatic rings. The van der Waals surface area contributed by atoms with Crippen molar-refractivity contribution < 1.29 is 9.53 Å². The van der Waals surface area contributed by atoms with Gasteiger partial charge in [0, 0.05) is 18.1 Å². The van der Waals surface area contributed by atoms with Crippen LogP contribution in [-0.2, 0) is 16.1 Å². The fraction of sp³-hybridized carbons (Fsp3) is 0.294. The van der Waals surface area contributed by atoms with Crippen LogP contribution in [0.3, 0.4) is 0 Å². The standard InChI is InChI=1S/C17H20N2O2/c1-13(2)15-5-7-16(8-6-15)19-17(20)12-21-11-14-4-3-9-18-10-14/h3-10,13H,11-12H2,1-2H3,(H,19,20). The second kappa shape index (κ2) is 7.55. The molecule has 4 nitrogen and oxygen atoms in total. The van der Waals surface area contributed by atoms with Gasteiger partial charge in [0.2, 0.25) is 5.91 Å². The van der Waals surface area contributed by atoms with Crippen LogP contribution in [0.1, 0.15) is 30.9 Å². The number of amides is 1. The Bertz CT molecular complexity index is 565. The van der Waals surface area contributed by atoms with E-state index >= 15 is 0 Å². The van der Waals surface area contributed by atoms with Gasteiger partial charge in [-0.15, -0.1) is 0 Å². The van der Waals surface area contributed by atoms with Crippen LogP contribution in [-0.4, -0.2) is 17.5 Å². The van der Waals surface area contributed by atoms with Gasteiger partial charge < -0.3 is 10.1 Å². The van der Waals surface area contributed by atoms with E-state index in [4.69, 9.17) is 4.74 Å².